The van der Waals surface area contributed by atoms with Crippen molar-refractivity contribution in [3.8, 4) is 0 Å². The minimum absolute atomic E-state index is 0.133. The van der Waals surface area contributed by atoms with Gasteiger partial charge in [-0.1, -0.05) is 22.4 Å². The monoisotopic (exact) mass is 325 g/mol. The summed E-state index contributed by atoms with van der Waals surface area (Å²) < 4.78 is 0.922. The van der Waals surface area contributed by atoms with E-state index in [-0.39, 0.29) is 17.7 Å². The molecule has 1 aromatic carbocycles. The van der Waals surface area contributed by atoms with Crippen molar-refractivity contribution >= 4 is 27.8 Å². The molecular formula is C14H16BrNO3. The van der Waals surface area contributed by atoms with Crippen LogP contribution in [0.25, 0.3) is 0 Å². The van der Waals surface area contributed by atoms with Crippen molar-refractivity contribution in [1.82, 2.24) is 5.32 Å². The fourth-order valence-corrected chi connectivity index (χ4v) is 2.65. The molecule has 102 valence electrons. The Bertz CT molecular complexity index is 480. The van der Waals surface area contributed by atoms with Crippen LogP contribution in [0.5, 0.6) is 0 Å². The maximum Gasteiger partial charge on any atom is 0.303 e. The van der Waals surface area contributed by atoms with E-state index in [9.17, 15) is 9.59 Å². The van der Waals surface area contributed by atoms with Gasteiger partial charge in [0.1, 0.15) is 0 Å². The standard InChI is InChI=1S/C14H16BrNO3/c15-11-4-2-10(3-5-11)13(19)16-9-14(6-1-7-14)8-12(17)18/h2-5H,1,6-9H2,(H,16,19)(H,17,18). The van der Waals surface area contributed by atoms with E-state index in [0.717, 1.165) is 23.7 Å². The Morgan fingerprint density at radius 3 is 2.37 bits per heavy atom. The highest BCUT2D eigenvalue weighted by Gasteiger charge is 2.39. The van der Waals surface area contributed by atoms with Gasteiger partial charge in [-0.2, -0.15) is 0 Å². The number of hydrogen-bond acceptors (Lipinski definition) is 2. The van der Waals surface area contributed by atoms with Crippen LogP contribution in [0.2, 0.25) is 0 Å². The van der Waals surface area contributed by atoms with Crippen LogP contribution >= 0.6 is 15.9 Å². The second-order valence-corrected chi connectivity index (χ2v) is 6.03. The molecule has 2 N–H and O–H groups in total. The van der Waals surface area contributed by atoms with Crippen LogP contribution in [0.4, 0.5) is 0 Å². The van der Waals surface area contributed by atoms with E-state index in [1.165, 1.54) is 0 Å². The van der Waals surface area contributed by atoms with Crippen LogP contribution in [0.1, 0.15) is 36.0 Å². The molecule has 1 fully saturated rings. The second kappa shape index (κ2) is 5.74. The smallest absolute Gasteiger partial charge is 0.303 e. The molecule has 2 rings (SSSR count). The largest absolute Gasteiger partial charge is 0.481 e. The summed E-state index contributed by atoms with van der Waals surface area (Å²) in [6.45, 7) is 0.439. The first-order valence-corrected chi connectivity index (χ1v) is 7.06. The lowest BCUT2D eigenvalue weighted by atomic mass is 9.66. The molecule has 0 unspecified atom stereocenters. The van der Waals surface area contributed by atoms with E-state index in [1.54, 1.807) is 12.1 Å². The molecule has 19 heavy (non-hydrogen) atoms. The number of carboxylic acids is 1. The molecule has 0 aromatic heterocycles. The predicted octanol–water partition coefficient (Wildman–Crippen LogP) is 2.82. The van der Waals surface area contributed by atoms with Gasteiger partial charge in [0.25, 0.3) is 5.91 Å². The van der Waals surface area contributed by atoms with Gasteiger partial charge in [0.05, 0.1) is 6.42 Å². The lowest BCUT2D eigenvalue weighted by Gasteiger charge is -2.40. The molecule has 1 aliphatic carbocycles. The number of benzene rings is 1. The van der Waals surface area contributed by atoms with E-state index in [4.69, 9.17) is 5.11 Å². The third-order valence-corrected chi connectivity index (χ3v) is 4.20. The number of hydrogen-bond donors (Lipinski definition) is 2. The number of rotatable bonds is 5. The van der Waals surface area contributed by atoms with E-state index in [1.807, 2.05) is 12.1 Å². The Morgan fingerprint density at radius 1 is 1.26 bits per heavy atom. The predicted molar refractivity (Wildman–Crippen MR) is 75.0 cm³/mol. The summed E-state index contributed by atoms with van der Waals surface area (Å²) in [7, 11) is 0. The highest BCUT2D eigenvalue weighted by Crippen LogP contribution is 2.43. The first kappa shape index (κ1) is 14.1. The minimum atomic E-state index is -0.794. The van der Waals surface area contributed by atoms with E-state index < -0.39 is 5.97 Å². The highest BCUT2D eigenvalue weighted by molar-refractivity contribution is 9.10. The molecule has 1 aliphatic rings. The van der Waals surface area contributed by atoms with E-state index in [2.05, 4.69) is 21.2 Å². The van der Waals surface area contributed by atoms with Crippen molar-refractivity contribution < 1.29 is 14.7 Å². The van der Waals surface area contributed by atoms with Crippen LogP contribution in [-0.2, 0) is 4.79 Å². The third kappa shape index (κ3) is 3.56. The number of carbonyl (C=O) groups excluding carboxylic acids is 1. The zero-order chi connectivity index (χ0) is 13.9. The molecule has 1 aromatic rings. The summed E-state index contributed by atoms with van der Waals surface area (Å²) in [6, 6.07) is 7.10. The van der Waals surface area contributed by atoms with Gasteiger partial charge in [-0.25, -0.2) is 0 Å². The first-order valence-electron chi connectivity index (χ1n) is 6.26. The van der Waals surface area contributed by atoms with Gasteiger partial charge in [-0.05, 0) is 42.5 Å². The zero-order valence-corrected chi connectivity index (χ0v) is 12.1. The molecule has 0 heterocycles. The van der Waals surface area contributed by atoms with Gasteiger partial charge in [0.2, 0.25) is 0 Å². The average molecular weight is 326 g/mol. The molecule has 0 spiro atoms. The lowest BCUT2D eigenvalue weighted by molar-refractivity contribution is -0.141. The summed E-state index contributed by atoms with van der Waals surface area (Å²) >= 11 is 3.32. The second-order valence-electron chi connectivity index (χ2n) is 5.11. The molecule has 0 aliphatic heterocycles. The van der Waals surface area contributed by atoms with Crippen molar-refractivity contribution in [1.29, 1.82) is 0 Å². The van der Waals surface area contributed by atoms with Crippen LogP contribution in [0.15, 0.2) is 28.7 Å². The van der Waals surface area contributed by atoms with Gasteiger partial charge >= 0.3 is 5.97 Å². The number of halogens is 1. The Kier molecular flexibility index (Phi) is 4.24. The molecular weight excluding hydrogens is 310 g/mol. The lowest BCUT2D eigenvalue weighted by Crippen LogP contribution is -2.43. The van der Waals surface area contributed by atoms with E-state index >= 15 is 0 Å². The zero-order valence-electron chi connectivity index (χ0n) is 10.5. The summed E-state index contributed by atoms with van der Waals surface area (Å²) in [5.74, 6) is -0.943. The Labute approximate surface area is 120 Å². The van der Waals surface area contributed by atoms with Crippen LogP contribution in [-0.4, -0.2) is 23.5 Å². The minimum Gasteiger partial charge on any atom is -0.481 e. The normalized spacial score (nSPS) is 16.5. The van der Waals surface area contributed by atoms with Crippen molar-refractivity contribution in [3.05, 3.63) is 34.3 Å². The highest BCUT2D eigenvalue weighted by atomic mass is 79.9. The fraction of sp³-hybridized carbons (Fsp3) is 0.429. The van der Waals surface area contributed by atoms with Crippen molar-refractivity contribution in [3.63, 3.8) is 0 Å². The maximum absolute atomic E-state index is 12.0. The summed E-state index contributed by atoms with van der Waals surface area (Å²) in [5, 5.41) is 11.8. The molecule has 1 amide bonds. The van der Waals surface area contributed by atoms with Crippen molar-refractivity contribution in [2.24, 2.45) is 5.41 Å². The maximum atomic E-state index is 12.0. The number of carbonyl (C=O) groups is 2. The number of aliphatic carboxylic acids is 1. The van der Waals surface area contributed by atoms with E-state index in [0.29, 0.717) is 12.1 Å². The Balaban J connectivity index is 1.92. The van der Waals surface area contributed by atoms with Crippen LogP contribution in [0, 0.1) is 5.41 Å². The molecule has 0 saturated heterocycles. The van der Waals surface area contributed by atoms with Crippen molar-refractivity contribution in [2.75, 3.05) is 6.54 Å². The van der Waals surface area contributed by atoms with Crippen LogP contribution < -0.4 is 5.32 Å². The molecule has 4 nitrogen and oxygen atoms in total. The van der Waals surface area contributed by atoms with Crippen LogP contribution in [0.3, 0.4) is 0 Å². The van der Waals surface area contributed by atoms with Gasteiger partial charge in [0, 0.05) is 16.6 Å². The molecule has 5 heteroatoms. The summed E-state index contributed by atoms with van der Waals surface area (Å²) in [5.41, 5.74) is 0.352. The Morgan fingerprint density at radius 2 is 1.89 bits per heavy atom. The molecule has 1 saturated carbocycles. The number of carboxylic acid groups (broad SMARTS) is 1. The van der Waals surface area contributed by atoms with Gasteiger partial charge in [0.15, 0.2) is 0 Å². The number of amides is 1. The quantitative estimate of drug-likeness (QED) is 0.874. The van der Waals surface area contributed by atoms with Gasteiger partial charge in [-0.15, -0.1) is 0 Å². The molecule has 0 radical (unpaired) electrons. The fourth-order valence-electron chi connectivity index (χ4n) is 2.38. The SMILES string of the molecule is O=C(O)CC1(CNC(=O)c2ccc(Br)cc2)CCC1. The molecule has 0 bridgehead atoms. The Hall–Kier alpha value is -1.36. The third-order valence-electron chi connectivity index (χ3n) is 3.67. The first-order chi connectivity index (χ1) is 9.01. The average Bonchev–Trinajstić information content (AvgIpc) is 2.32. The van der Waals surface area contributed by atoms with Gasteiger partial charge in [-0.3, -0.25) is 9.59 Å². The number of nitrogens with one attached hydrogen (secondary N) is 1. The summed E-state index contributed by atoms with van der Waals surface area (Å²) in [4.78, 5) is 22.8. The van der Waals surface area contributed by atoms with Gasteiger partial charge < -0.3 is 10.4 Å². The summed E-state index contributed by atoms with van der Waals surface area (Å²) in [6.07, 6.45) is 2.93. The van der Waals surface area contributed by atoms with Crippen molar-refractivity contribution in [2.45, 2.75) is 25.7 Å². The topological polar surface area (TPSA) is 66.4 Å². The molecule has 0 atom stereocenters.